The highest BCUT2D eigenvalue weighted by Gasteiger charge is 2.22. The van der Waals surface area contributed by atoms with Gasteiger partial charge in [-0.3, -0.25) is 10.1 Å². The molecule has 5 aromatic rings. The summed E-state index contributed by atoms with van der Waals surface area (Å²) in [6.45, 7) is 5.90. The van der Waals surface area contributed by atoms with Gasteiger partial charge in [-0.1, -0.05) is 45.0 Å². The van der Waals surface area contributed by atoms with E-state index in [-0.39, 0.29) is 34.5 Å². The van der Waals surface area contributed by atoms with Crippen molar-refractivity contribution in [2.24, 2.45) is 0 Å². The average molecular weight is 644 g/mol. The van der Waals surface area contributed by atoms with Crippen molar-refractivity contribution >= 4 is 49.9 Å². The number of amides is 3. The summed E-state index contributed by atoms with van der Waals surface area (Å²) in [5.74, 6) is 0.968. The summed E-state index contributed by atoms with van der Waals surface area (Å²) in [4.78, 5) is 33.6. The number of benzene rings is 3. The molecule has 3 aromatic carbocycles. The number of hydrogen-bond acceptors (Lipinski definition) is 9. The van der Waals surface area contributed by atoms with Gasteiger partial charge in [0.05, 0.1) is 22.0 Å². The maximum Gasteiger partial charge on any atom is 0.324 e. The van der Waals surface area contributed by atoms with Crippen LogP contribution in [0.1, 0.15) is 26.5 Å². The SMILES string of the molecule is COCC(=O)Nc1cc(Oc2ccc(NC(=O)Nc3cc(C(C)(C)C)nn3-c3ccc(S(C)(=O)=O)cc3)c3ccccc23)ncn1. The smallest absolute Gasteiger partial charge is 0.324 e. The summed E-state index contributed by atoms with van der Waals surface area (Å²) >= 11 is 0. The van der Waals surface area contributed by atoms with E-state index in [2.05, 4.69) is 25.9 Å². The normalized spacial score (nSPS) is 11.7. The summed E-state index contributed by atoms with van der Waals surface area (Å²) < 4.78 is 36.4. The number of carbonyl (C=O) groups excluding carboxylic acids is 2. The maximum absolute atomic E-state index is 13.4. The van der Waals surface area contributed by atoms with Gasteiger partial charge >= 0.3 is 6.03 Å². The molecule has 0 saturated heterocycles. The predicted molar refractivity (Wildman–Crippen MR) is 175 cm³/mol. The second-order valence-corrected chi connectivity index (χ2v) is 13.4. The Hall–Kier alpha value is -5.34. The summed E-state index contributed by atoms with van der Waals surface area (Å²) in [7, 11) is -1.95. The van der Waals surface area contributed by atoms with Gasteiger partial charge in [0.15, 0.2) is 9.84 Å². The number of aromatic nitrogens is 4. The van der Waals surface area contributed by atoms with Crippen LogP contribution < -0.4 is 20.7 Å². The Morgan fingerprint density at radius 1 is 0.891 bits per heavy atom. The van der Waals surface area contributed by atoms with Crippen LogP contribution in [0.2, 0.25) is 0 Å². The highest BCUT2D eigenvalue weighted by molar-refractivity contribution is 7.90. The minimum Gasteiger partial charge on any atom is -0.438 e. The van der Waals surface area contributed by atoms with Gasteiger partial charge in [-0.05, 0) is 36.4 Å². The third kappa shape index (κ3) is 7.47. The molecule has 0 saturated carbocycles. The maximum atomic E-state index is 13.4. The van der Waals surface area contributed by atoms with Crippen molar-refractivity contribution in [3.63, 3.8) is 0 Å². The van der Waals surface area contributed by atoms with Crippen molar-refractivity contribution in [1.82, 2.24) is 19.7 Å². The Kier molecular flexibility index (Phi) is 9.03. The van der Waals surface area contributed by atoms with Crippen LogP contribution in [0.3, 0.4) is 0 Å². The number of ether oxygens (including phenoxy) is 2. The second-order valence-electron chi connectivity index (χ2n) is 11.4. The van der Waals surface area contributed by atoms with Gasteiger partial charge in [0.2, 0.25) is 5.88 Å². The van der Waals surface area contributed by atoms with Gasteiger partial charge in [0, 0.05) is 41.7 Å². The van der Waals surface area contributed by atoms with Crippen LogP contribution in [0.15, 0.2) is 84.0 Å². The molecule has 0 aliphatic rings. The third-order valence-electron chi connectivity index (χ3n) is 6.76. The topological polar surface area (TPSA) is 166 Å². The molecule has 0 spiro atoms. The van der Waals surface area contributed by atoms with Crippen LogP contribution in [-0.4, -0.2) is 60.1 Å². The standard InChI is InChI=1S/C32H33N7O6S/c1-32(2,3)26-16-28(39(38-26)20-10-12-21(13-11-20)46(5,42)43)37-31(41)35-24-14-15-25(23-9-7-6-8-22(23)24)45-30-17-27(33-19-34-30)36-29(40)18-44-4/h6-17,19H,18H2,1-5H3,(H2,35,37,41)(H,33,34,36,40). The van der Waals surface area contributed by atoms with Crippen molar-refractivity contribution < 1.29 is 27.5 Å². The summed E-state index contributed by atoms with van der Waals surface area (Å²) in [6.07, 6.45) is 2.42. The molecule has 238 valence electrons. The zero-order valence-corrected chi connectivity index (χ0v) is 26.7. The number of carbonyl (C=O) groups is 2. The van der Waals surface area contributed by atoms with E-state index in [1.54, 1.807) is 35.0 Å². The van der Waals surface area contributed by atoms with E-state index < -0.39 is 15.9 Å². The number of methoxy groups -OCH3 is 1. The van der Waals surface area contributed by atoms with Gasteiger partial charge in [-0.25, -0.2) is 27.9 Å². The first-order valence-corrected chi connectivity index (χ1v) is 16.0. The van der Waals surface area contributed by atoms with E-state index in [1.807, 2.05) is 45.0 Å². The zero-order valence-electron chi connectivity index (χ0n) is 25.9. The molecule has 2 aromatic heterocycles. The molecule has 3 N–H and O–H groups in total. The minimum absolute atomic E-state index is 0.120. The van der Waals surface area contributed by atoms with Crippen LogP contribution >= 0.6 is 0 Å². The quantitative estimate of drug-likeness (QED) is 0.187. The Balaban J connectivity index is 1.39. The number of nitrogens with zero attached hydrogens (tertiary/aromatic N) is 4. The van der Waals surface area contributed by atoms with E-state index in [9.17, 15) is 18.0 Å². The Bertz CT molecular complexity index is 2020. The average Bonchev–Trinajstić information content (AvgIpc) is 3.43. The Labute approximate surface area is 265 Å². The number of sulfone groups is 1. The monoisotopic (exact) mass is 643 g/mol. The van der Waals surface area contributed by atoms with Crippen molar-refractivity contribution in [2.75, 3.05) is 35.9 Å². The third-order valence-corrected chi connectivity index (χ3v) is 7.89. The highest BCUT2D eigenvalue weighted by atomic mass is 32.2. The first-order valence-electron chi connectivity index (χ1n) is 14.1. The van der Waals surface area contributed by atoms with Crippen molar-refractivity contribution in [2.45, 2.75) is 31.1 Å². The Morgan fingerprint density at radius 3 is 2.28 bits per heavy atom. The number of anilines is 3. The summed E-state index contributed by atoms with van der Waals surface area (Å²) in [6, 6.07) is 19.8. The van der Waals surface area contributed by atoms with Crippen LogP contribution in [0.5, 0.6) is 11.6 Å². The fraction of sp³-hybridized carbons (Fsp3) is 0.219. The molecule has 46 heavy (non-hydrogen) atoms. The zero-order chi connectivity index (χ0) is 33.1. The number of hydrogen-bond donors (Lipinski definition) is 3. The van der Waals surface area contributed by atoms with E-state index in [0.29, 0.717) is 33.7 Å². The van der Waals surface area contributed by atoms with Crippen LogP contribution in [0, 0.1) is 0 Å². The van der Waals surface area contributed by atoms with Crippen LogP contribution in [0.4, 0.5) is 22.1 Å². The van der Waals surface area contributed by atoms with Gasteiger partial charge in [0.25, 0.3) is 5.91 Å². The van der Waals surface area contributed by atoms with E-state index in [1.165, 1.54) is 31.6 Å². The van der Waals surface area contributed by atoms with Gasteiger partial charge in [0.1, 0.15) is 30.3 Å². The molecule has 0 bridgehead atoms. The molecule has 14 heteroatoms. The van der Waals surface area contributed by atoms with Gasteiger partial charge < -0.3 is 20.1 Å². The number of fused-ring (bicyclic) bond motifs is 1. The fourth-order valence-electron chi connectivity index (χ4n) is 4.49. The molecule has 0 atom stereocenters. The second kappa shape index (κ2) is 12.9. The number of urea groups is 1. The van der Waals surface area contributed by atoms with Crippen molar-refractivity contribution in [3.8, 4) is 17.3 Å². The van der Waals surface area contributed by atoms with E-state index in [4.69, 9.17) is 14.6 Å². The molecule has 0 aliphatic carbocycles. The Morgan fingerprint density at radius 2 is 1.61 bits per heavy atom. The molecule has 5 rings (SSSR count). The van der Waals surface area contributed by atoms with Crippen molar-refractivity contribution in [3.05, 3.63) is 84.8 Å². The first kappa shape index (κ1) is 32.1. The number of rotatable bonds is 9. The highest BCUT2D eigenvalue weighted by Crippen LogP contribution is 2.34. The molecule has 13 nitrogen and oxygen atoms in total. The molecular formula is C32H33N7O6S. The largest absolute Gasteiger partial charge is 0.438 e. The lowest BCUT2D eigenvalue weighted by Gasteiger charge is -2.14. The van der Waals surface area contributed by atoms with Gasteiger partial charge in [-0.2, -0.15) is 5.10 Å². The van der Waals surface area contributed by atoms with Crippen LogP contribution in [-0.2, 0) is 24.8 Å². The van der Waals surface area contributed by atoms with Gasteiger partial charge in [-0.15, -0.1) is 0 Å². The molecule has 2 heterocycles. The minimum atomic E-state index is -3.37. The number of nitrogens with one attached hydrogen (secondary N) is 3. The lowest BCUT2D eigenvalue weighted by Crippen LogP contribution is -2.21. The summed E-state index contributed by atoms with van der Waals surface area (Å²) in [5, 5.41) is 14.5. The molecule has 0 unspecified atom stereocenters. The fourth-order valence-corrected chi connectivity index (χ4v) is 5.12. The van der Waals surface area contributed by atoms with Crippen molar-refractivity contribution in [1.29, 1.82) is 0 Å². The predicted octanol–water partition coefficient (Wildman–Crippen LogP) is 5.54. The molecule has 0 radical (unpaired) electrons. The van der Waals surface area contributed by atoms with E-state index in [0.717, 1.165) is 11.9 Å². The molecular weight excluding hydrogens is 610 g/mol. The molecule has 3 amide bonds. The lowest BCUT2D eigenvalue weighted by molar-refractivity contribution is -0.119. The first-order chi connectivity index (χ1) is 21.8. The molecule has 0 fully saturated rings. The summed E-state index contributed by atoms with van der Waals surface area (Å²) in [5.41, 5.74) is 1.51. The lowest BCUT2D eigenvalue weighted by atomic mass is 9.92. The van der Waals surface area contributed by atoms with Crippen LogP contribution in [0.25, 0.3) is 16.5 Å². The van der Waals surface area contributed by atoms with E-state index >= 15 is 0 Å². The molecule has 0 aliphatic heterocycles.